The van der Waals surface area contributed by atoms with Crippen LogP contribution >= 0.6 is 11.8 Å². The van der Waals surface area contributed by atoms with Gasteiger partial charge >= 0.3 is 0 Å². The van der Waals surface area contributed by atoms with Gasteiger partial charge in [0.25, 0.3) is 0 Å². The maximum Gasteiger partial charge on any atom is 0.226 e. The van der Waals surface area contributed by atoms with Crippen molar-refractivity contribution in [3.8, 4) is 0 Å². The molecular weight excluding hydrogens is 266 g/mol. The molecule has 1 saturated heterocycles. The van der Waals surface area contributed by atoms with E-state index in [1.165, 1.54) is 6.92 Å². The van der Waals surface area contributed by atoms with E-state index >= 15 is 0 Å². The predicted molar refractivity (Wildman–Crippen MR) is 70.5 cm³/mol. The van der Waals surface area contributed by atoms with Gasteiger partial charge in [-0.2, -0.15) is 0 Å². The van der Waals surface area contributed by atoms with Crippen molar-refractivity contribution in [1.82, 2.24) is 25.0 Å². The fourth-order valence-electron chi connectivity index (χ4n) is 1.77. The fourth-order valence-corrected chi connectivity index (χ4v) is 2.51. The first kappa shape index (κ1) is 13.9. The quantitative estimate of drug-likeness (QED) is 0.582. The van der Waals surface area contributed by atoms with Crippen molar-refractivity contribution in [3.63, 3.8) is 0 Å². The van der Waals surface area contributed by atoms with Gasteiger partial charge in [0.15, 0.2) is 5.16 Å². The van der Waals surface area contributed by atoms with Crippen molar-refractivity contribution >= 4 is 23.6 Å². The zero-order chi connectivity index (χ0) is 13.8. The number of rotatable bonds is 5. The molecule has 7 nitrogen and oxygen atoms in total. The summed E-state index contributed by atoms with van der Waals surface area (Å²) in [5.41, 5.74) is 0. The zero-order valence-electron chi connectivity index (χ0n) is 11.0. The van der Waals surface area contributed by atoms with E-state index in [9.17, 15) is 9.59 Å². The molecule has 0 bridgehead atoms. The summed E-state index contributed by atoms with van der Waals surface area (Å²) in [7, 11) is 1.88. The Morgan fingerprint density at radius 2 is 2.26 bits per heavy atom. The Hall–Kier alpha value is -1.57. The third-order valence-electron chi connectivity index (χ3n) is 3.00. The molecule has 2 heterocycles. The first-order valence-electron chi connectivity index (χ1n) is 6.08. The molecule has 1 aromatic rings. The zero-order valence-corrected chi connectivity index (χ0v) is 11.8. The first-order valence-corrected chi connectivity index (χ1v) is 7.06. The van der Waals surface area contributed by atoms with Gasteiger partial charge in [-0.3, -0.25) is 9.59 Å². The van der Waals surface area contributed by atoms with E-state index in [2.05, 4.69) is 15.5 Å². The van der Waals surface area contributed by atoms with Crippen molar-refractivity contribution in [3.05, 3.63) is 6.33 Å². The molecule has 1 N–H and O–H groups in total. The molecule has 2 rings (SSSR count). The number of nitrogens with one attached hydrogen (secondary N) is 1. The Balaban J connectivity index is 1.60. The van der Waals surface area contributed by atoms with Crippen molar-refractivity contribution in [2.24, 2.45) is 13.0 Å². The maximum atomic E-state index is 11.7. The van der Waals surface area contributed by atoms with Crippen LogP contribution < -0.4 is 5.32 Å². The monoisotopic (exact) mass is 283 g/mol. The molecule has 0 spiro atoms. The van der Waals surface area contributed by atoms with E-state index in [-0.39, 0.29) is 17.7 Å². The Kier molecular flexibility index (Phi) is 4.41. The molecule has 8 heteroatoms. The largest absolute Gasteiger partial charge is 0.355 e. The topological polar surface area (TPSA) is 80.1 Å². The summed E-state index contributed by atoms with van der Waals surface area (Å²) in [6.45, 7) is 3.19. The van der Waals surface area contributed by atoms with Crippen molar-refractivity contribution < 1.29 is 9.59 Å². The Morgan fingerprint density at radius 1 is 1.53 bits per heavy atom. The summed E-state index contributed by atoms with van der Waals surface area (Å²) in [4.78, 5) is 24.4. The van der Waals surface area contributed by atoms with Gasteiger partial charge in [-0.05, 0) is 0 Å². The minimum atomic E-state index is -0.0521. The number of amides is 2. The van der Waals surface area contributed by atoms with E-state index in [0.29, 0.717) is 19.6 Å². The highest BCUT2D eigenvalue weighted by Crippen LogP contribution is 2.16. The summed E-state index contributed by atoms with van der Waals surface area (Å²) in [6, 6.07) is 0. The predicted octanol–water partition coefficient (Wildman–Crippen LogP) is -0.498. The molecule has 2 amide bonds. The lowest BCUT2D eigenvalue weighted by Crippen LogP contribution is -2.55. The summed E-state index contributed by atoms with van der Waals surface area (Å²) in [6.07, 6.45) is 1.64. The molecule has 19 heavy (non-hydrogen) atoms. The fraction of sp³-hybridized carbons (Fsp3) is 0.636. The minimum absolute atomic E-state index is 0.0241. The van der Waals surface area contributed by atoms with Gasteiger partial charge < -0.3 is 14.8 Å². The molecule has 0 unspecified atom stereocenters. The van der Waals surface area contributed by atoms with Crippen LogP contribution in [0.4, 0.5) is 0 Å². The van der Waals surface area contributed by atoms with Crippen molar-refractivity contribution in [2.75, 3.05) is 25.4 Å². The van der Waals surface area contributed by atoms with Gasteiger partial charge in [-0.1, -0.05) is 11.8 Å². The van der Waals surface area contributed by atoms with Gasteiger partial charge in [-0.15, -0.1) is 10.2 Å². The minimum Gasteiger partial charge on any atom is -0.355 e. The van der Waals surface area contributed by atoms with E-state index in [4.69, 9.17) is 0 Å². The molecule has 1 aliphatic rings. The van der Waals surface area contributed by atoms with Crippen LogP contribution in [-0.2, 0) is 16.6 Å². The van der Waals surface area contributed by atoms with Crippen molar-refractivity contribution in [2.45, 2.75) is 12.1 Å². The normalized spacial score (nSPS) is 15.2. The molecule has 0 radical (unpaired) electrons. The van der Waals surface area contributed by atoms with Gasteiger partial charge in [-0.25, -0.2) is 0 Å². The van der Waals surface area contributed by atoms with Crippen LogP contribution in [0.2, 0.25) is 0 Å². The Morgan fingerprint density at radius 3 is 2.84 bits per heavy atom. The second-order valence-electron chi connectivity index (χ2n) is 4.48. The number of hydrogen-bond acceptors (Lipinski definition) is 5. The maximum absolute atomic E-state index is 11.7. The second-order valence-corrected chi connectivity index (χ2v) is 5.55. The van der Waals surface area contributed by atoms with E-state index in [1.807, 2.05) is 11.6 Å². The van der Waals surface area contributed by atoms with E-state index in [0.717, 1.165) is 10.9 Å². The molecular formula is C11H17N5O2S. The highest BCUT2D eigenvalue weighted by molar-refractivity contribution is 7.99. The average Bonchev–Trinajstić information content (AvgIpc) is 2.68. The smallest absolute Gasteiger partial charge is 0.226 e. The van der Waals surface area contributed by atoms with Gasteiger partial charge in [0.2, 0.25) is 11.8 Å². The standard InChI is InChI=1S/C11H17N5O2S/c1-8(17)16-5-9(6-16)10(18)12-3-4-19-11-14-13-7-15(11)2/h7,9H,3-6H2,1-2H3,(H,12,18). The molecule has 0 saturated carbocycles. The molecule has 1 aliphatic heterocycles. The van der Waals surface area contributed by atoms with Crippen LogP contribution in [0.1, 0.15) is 6.92 Å². The number of thioether (sulfide) groups is 1. The summed E-state index contributed by atoms with van der Waals surface area (Å²) >= 11 is 1.55. The summed E-state index contributed by atoms with van der Waals surface area (Å²) in [5, 5.41) is 11.4. The molecule has 1 fully saturated rings. The summed E-state index contributed by atoms with van der Waals surface area (Å²) < 4.78 is 1.84. The van der Waals surface area contributed by atoms with Crippen LogP contribution in [0.25, 0.3) is 0 Å². The highest BCUT2D eigenvalue weighted by atomic mass is 32.2. The number of carbonyl (C=O) groups is 2. The number of aryl methyl sites for hydroxylation is 1. The lowest BCUT2D eigenvalue weighted by Gasteiger charge is -2.37. The molecule has 0 atom stereocenters. The van der Waals surface area contributed by atoms with Crippen molar-refractivity contribution in [1.29, 1.82) is 0 Å². The number of aromatic nitrogens is 3. The Bertz CT molecular complexity index is 469. The number of hydrogen-bond donors (Lipinski definition) is 1. The average molecular weight is 283 g/mol. The number of carbonyl (C=O) groups excluding carboxylic acids is 2. The Labute approximate surface area is 115 Å². The first-order chi connectivity index (χ1) is 9.08. The van der Waals surface area contributed by atoms with Gasteiger partial charge in [0.1, 0.15) is 6.33 Å². The third kappa shape index (κ3) is 3.46. The number of likely N-dealkylation sites (tertiary alicyclic amines) is 1. The van der Waals surface area contributed by atoms with E-state index in [1.54, 1.807) is 23.0 Å². The van der Waals surface area contributed by atoms with Crippen LogP contribution in [0, 0.1) is 5.92 Å². The molecule has 0 aliphatic carbocycles. The molecule has 104 valence electrons. The van der Waals surface area contributed by atoms with Gasteiger partial charge in [0.05, 0.1) is 5.92 Å². The third-order valence-corrected chi connectivity index (χ3v) is 4.04. The molecule has 0 aromatic carbocycles. The highest BCUT2D eigenvalue weighted by Gasteiger charge is 2.33. The van der Waals surface area contributed by atoms with Crippen LogP contribution in [0.15, 0.2) is 11.5 Å². The lowest BCUT2D eigenvalue weighted by atomic mass is 9.99. The number of nitrogens with zero attached hydrogens (tertiary/aromatic N) is 4. The van der Waals surface area contributed by atoms with Crippen LogP contribution in [-0.4, -0.2) is 56.9 Å². The summed E-state index contributed by atoms with van der Waals surface area (Å²) in [5.74, 6) is 0.753. The molecule has 1 aromatic heterocycles. The second kappa shape index (κ2) is 6.05. The van der Waals surface area contributed by atoms with Gasteiger partial charge in [0, 0.05) is 39.4 Å². The SMILES string of the molecule is CC(=O)N1CC(C(=O)NCCSc2nncn2C)C1. The van der Waals surface area contributed by atoms with Crippen LogP contribution in [0.5, 0.6) is 0 Å². The van der Waals surface area contributed by atoms with E-state index < -0.39 is 0 Å². The lowest BCUT2D eigenvalue weighted by molar-refractivity contribution is -0.141. The van der Waals surface area contributed by atoms with Crippen LogP contribution in [0.3, 0.4) is 0 Å².